The second kappa shape index (κ2) is 12.9. The first kappa shape index (κ1) is 29.9. The highest BCUT2D eigenvalue weighted by Gasteiger charge is 2.29. The number of halogens is 3. The number of imide groups is 1. The van der Waals surface area contributed by atoms with Crippen molar-refractivity contribution in [2.75, 3.05) is 19.0 Å². The molecule has 0 saturated carbocycles. The summed E-state index contributed by atoms with van der Waals surface area (Å²) >= 11 is 15.7. The van der Waals surface area contributed by atoms with Crippen LogP contribution in [0.4, 0.5) is 15.3 Å². The molecule has 0 aliphatic rings. The Labute approximate surface area is 241 Å². The molecule has 12 nitrogen and oxygen atoms in total. The average molecular weight is 642 g/mol. The number of nitrogens with one attached hydrogen (secondary N) is 2. The van der Waals surface area contributed by atoms with E-state index in [1.165, 1.54) is 29.1 Å². The Morgan fingerprint density at radius 1 is 1.13 bits per heavy atom. The van der Waals surface area contributed by atoms with Crippen molar-refractivity contribution < 1.29 is 28.7 Å². The van der Waals surface area contributed by atoms with E-state index < -0.39 is 24.0 Å². The fourth-order valence-corrected chi connectivity index (χ4v) is 4.05. The van der Waals surface area contributed by atoms with Crippen molar-refractivity contribution in [3.8, 4) is 5.82 Å². The molecule has 39 heavy (non-hydrogen) atoms. The summed E-state index contributed by atoms with van der Waals surface area (Å²) in [5.41, 5.74) is 2.50. The van der Waals surface area contributed by atoms with Gasteiger partial charge in [0.05, 0.1) is 30.0 Å². The monoisotopic (exact) mass is 640 g/mol. The summed E-state index contributed by atoms with van der Waals surface area (Å²) in [5, 5.41) is 7.59. The molecular weight excluding hydrogens is 619 g/mol. The summed E-state index contributed by atoms with van der Waals surface area (Å²) in [4.78, 5) is 55.5. The predicted octanol–water partition coefficient (Wildman–Crippen LogP) is 5.40. The van der Waals surface area contributed by atoms with Crippen LogP contribution in [-0.2, 0) is 9.47 Å². The van der Waals surface area contributed by atoms with Crippen molar-refractivity contribution in [1.82, 2.24) is 25.2 Å². The van der Waals surface area contributed by atoms with Gasteiger partial charge >= 0.3 is 12.2 Å². The van der Waals surface area contributed by atoms with Crippen LogP contribution in [0.2, 0.25) is 10.0 Å². The lowest BCUT2D eigenvalue weighted by Gasteiger charge is -2.21. The molecule has 0 spiro atoms. The van der Waals surface area contributed by atoms with E-state index in [9.17, 15) is 19.2 Å². The highest BCUT2D eigenvalue weighted by molar-refractivity contribution is 9.10. The smallest absolute Gasteiger partial charge is 0.438 e. The highest BCUT2D eigenvalue weighted by atomic mass is 79.9. The number of amides is 4. The van der Waals surface area contributed by atoms with Crippen LogP contribution in [0.15, 0.2) is 41.1 Å². The lowest BCUT2D eigenvalue weighted by molar-refractivity contribution is 0.0538. The zero-order valence-corrected chi connectivity index (χ0v) is 24.2. The van der Waals surface area contributed by atoms with Gasteiger partial charge in [-0.2, -0.15) is 5.10 Å². The molecule has 2 heterocycles. The number of hydrazine groups is 1. The summed E-state index contributed by atoms with van der Waals surface area (Å²) in [6, 6.07) is 7.44. The van der Waals surface area contributed by atoms with Crippen LogP contribution in [0.5, 0.6) is 0 Å². The molecule has 0 unspecified atom stereocenters. The molecule has 0 fully saturated rings. The molecule has 0 aliphatic heterocycles. The molecule has 0 aliphatic carbocycles. The van der Waals surface area contributed by atoms with E-state index in [-0.39, 0.29) is 50.3 Å². The van der Waals surface area contributed by atoms with Crippen LogP contribution in [0, 0.1) is 12.8 Å². The molecular formula is C24H23BrCl2N6O6. The number of hydrogen-bond acceptors (Lipinski definition) is 8. The largest absolute Gasteiger partial charge is 0.451 e. The predicted molar refractivity (Wildman–Crippen MR) is 146 cm³/mol. The van der Waals surface area contributed by atoms with Crippen LogP contribution in [0.1, 0.15) is 40.3 Å². The molecule has 1 aromatic carbocycles. The van der Waals surface area contributed by atoms with Gasteiger partial charge in [0.2, 0.25) is 0 Å². The number of pyridine rings is 1. The Balaban J connectivity index is 1.96. The van der Waals surface area contributed by atoms with Crippen LogP contribution >= 0.6 is 39.1 Å². The number of methoxy groups -OCH3 is 1. The van der Waals surface area contributed by atoms with Crippen molar-refractivity contribution in [1.29, 1.82) is 0 Å². The Hall–Kier alpha value is -3.68. The summed E-state index contributed by atoms with van der Waals surface area (Å²) < 4.78 is 11.2. The van der Waals surface area contributed by atoms with Crippen molar-refractivity contribution >= 4 is 68.8 Å². The maximum Gasteiger partial charge on any atom is 0.438 e. The van der Waals surface area contributed by atoms with Gasteiger partial charge in [-0.1, -0.05) is 37.0 Å². The molecule has 15 heteroatoms. The number of anilines is 1. The third-order valence-electron chi connectivity index (χ3n) is 4.93. The Morgan fingerprint density at radius 3 is 2.49 bits per heavy atom. The van der Waals surface area contributed by atoms with Crippen LogP contribution in [-0.4, -0.2) is 57.5 Å². The maximum atomic E-state index is 13.4. The molecule has 0 bridgehead atoms. The molecule has 3 aromatic rings. The van der Waals surface area contributed by atoms with Gasteiger partial charge in [0.1, 0.15) is 10.3 Å². The van der Waals surface area contributed by atoms with Crippen LogP contribution in [0.25, 0.3) is 5.82 Å². The molecule has 3 rings (SSSR count). The van der Waals surface area contributed by atoms with E-state index in [4.69, 9.17) is 27.9 Å². The average Bonchev–Trinajstić information content (AvgIpc) is 3.28. The SMILES string of the molecule is COC(=O)N(NC(=O)c1cc(Cl)cc(C)c1NC(=O)c1cc(Br)nn1-c1ncccc1Cl)C(=O)OCC(C)C. The summed E-state index contributed by atoms with van der Waals surface area (Å²) in [5.74, 6) is -1.45. The van der Waals surface area contributed by atoms with Gasteiger partial charge in [-0.25, -0.2) is 24.7 Å². The van der Waals surface area contributed by atoms with Gasteiger partial charge < -0.3 is 14.8 Å². The number of hydrogen-bond donors (Lipinski definition) is 2. The van der Waals surface area contributed by atoms with Gasteiger partial charge in [0.15, 0.2) is 5.82 Å². The minimum absolute atomic E-state index is 0.0106. The summed E-state index contributed by atoms with van der Waals surface area (Å²) in [6.07, 6.45) is -0.861. The normalized spacial score (nSPS) is 10.7. The van der Waals surface area contributed by atoms with Crippen LogP contribution in [0.3, 0.4) is 0 Å². The Morgan fingerprint density at radius 2 is 1.85 bits per heavy atom. The first-order valence-electron chi connectivity index (χ1n) is 11.3. The number of nitrogens with zero attached hydrogens (tertiary/aromatic N) is 4. The van der Waals surface area contributed by atoms with E-state index in [2.05, 4.69) is 41.5 Å². The Bertz CT molecular complexity index is 1430. The van der Waals surface area contributed by atoms with Crippen molar-refractivity contribution in [2.24, 2.45) is 5.92 Å². The number of aromatic nitrogens is 3. The van der Waals surface area contributed by atoms with Crippen LogP contribution < -0.4 is 10.7 Å². The van der Waals surface area contributed by atoms with Crippen molar-refractivity contribution in [3.63, 3.8) is 0 Å². The van der Waals surface area contributed by atoms with E-state index in [0.29, 0.717) is 10.2 Å². The lowest BCUT2D eigenvalue weighted by Crippen LogP contribution is -2.50. The quantitative estimate of drug-likeness (QED) is 0.340. The second-order valence-corrected chi connectivity index (χ2v) is 10.0. The fourth-order valence-electron chi connectivity index (χ4n) is 3.20. The molecule has 0 saturated heterocycles. The number of carbonyl (C=O) groups is 4. The van der Waals surface area contributed by atoms with Crippen molar-refractivity contribution in [2.45, 2.75) is 20.8 Å². The number of carbonyl (C=O) groups excluding carboxylic acids is 4. The molecule has 206 valence electrons. The van der Waals surface area contributed by atoms with E-state index in [0.717, 1.165) is 7.11 Å². The lowest BCUT2D eigenvalue weighted by atomic mass is 10.1. The molecule has 0 radical (unpaired) electrons. The van der Waals surface area contributed by atoms with Crippen molar-refractivity contribution in [3.05, 3.63) is 68.0 Å². The minimum atomic E-state index is -1.19. The summed E-state index contributed by atoms with van der Waals surface area (Å²) in [7, 11) is 1.03. The topological polar surface area (TPSA) is 145 Å². The van der Waals surface area contributed by atoms with Gasteiger partial charge in [0.25, 0.3) is 11.8 Å². The number of aryl methyl sites for hydroxylation is 1. The standard InChI is InChI=1S/C24H23BrCl2N6O6/c1-12(2)11-39-24(37)33(23(36)38-4)31-21(34)15-9-14(26)8-13(3)19(15)29-22(35)17-10-18(25)30-32(17)20-16(27)6-5-7-28-20/h5-10,12H,11H2,1-4H3,(H,29,35)(H,31,34). The summed E-state index contributed by atoms with van der Waals surface area (Å²) in [6.45, 7) is 5.19. The molecule has 4 amide bonds. The van der Waals surface area contributed by atoms with E-state index in [1.807, 2.05) is 0 Å². The third kappa shape index (κ3) is 7.25. The number of ether oxygens (including phenoxy) is 2. The molecule has 2 N–H and O–H groups in total. The highest BCUT2D eigenvalue weighted by Crippen LogP contribution is 2.28. The zero-order chi connectivity index (χ0) is 28.9. The number of benzene rings is 1. The van der Waals surface area contributed by atoms with Gasteiger partial charge in [-0.15, -0.1) is 5.01 Å². The number of rotatable bonds is 6. The zero-order valence-electron chi connectivity index (χ0n) is 21.1. The second-order valence-electron chi connectivity index (χ2n) is 8.39. The van der Waals surface area contributed by atoms with Gasteiger partial charge in [-0.3, -0.25) is 9.59 Å². The third-order valence-corrected chi connectivity index (χ3v) is 5.83. The first-order valence-corrected chi connectivity index (χ1v) is 12.8. The van der Waals surface area contributed by atoms with E-state index >= 15 is 0 Å². The Kier molecular flexibility index (Phi) is 9.89. The minimum Gasteiger partial charge on any atom is -0.451 e. The maximum absolute atomic E-state index is 13.4. The first-order chi connectivity index (χ1) is 18.4. The van der Waals surface area contributed by atoms with E-state index in [1.54, 1.807) is 32.9 Å². The molecule has 2 aromatic heterocycles. The fraction of sp³-hybridized carbons (Fsp3) is 0.250. The van der Waals surface area contributed by atoms with Gasteiger partial charge in [0, 0.05) is 17.3 Å². The molecule has 0 atom stereocenters. The van der Waals surface area contributed by atoms with Gasteiger partial charge in [-0.05, 0) is 58.6 Å².